The van der Waals surface area contributed by atoms with Crippen molar-refractivity contribution in [1.82, 2.24) is 5.32 Å². The molecule has 1 fully saturated rings. The van der Waals surface area contributed by atoms with Gasteiger partial charge in [0.15, 0.2) is 0 Å². The Balaban J connectivity index is 1.56. The molecular formula is C19H20FN3O3. The highest BCUT2D eigenvalue weighted by Crippen LogP contribution is 2.22. The van der Waals surface area contributed by atoms with Gasteiger partial charge in [-0.15, -0.1) is 0 Å². The fraction of sp³-hybridized carbons (Fsp3) is 0.263. The SMILES string of the molecule is CCOc1ccc(NC(=O)N[C@@H]2CC(=O)N(c3cccc(F)c3)C2)cc1. The molecule has 3 amide bonds. The van der Waals surface area contributed by atoms with Crippen LogP contribution < -0.4 is 20.3 Å². The monoisotopic (exact) mass is 357 g/mol. The standard InChI is InChI=1S/C19H20FN3O3/c1-2-26-17-8-6-14(7-9-17)21-19(25)22-15-11-18(24)23(12-15)16-5-3-4-13(20)10-16/h3-10,15H,2,11-12H2,1H3,(H2,21,22,25)/t15-/m1/s1. The lowest BCUT2D eigenvalue weighted by Crippen LogP contribution is -2.39. The maximum Gasteiger partial charge on any atom is 0.319 e. The summed E-state index contributed by atoms with van der Waals surface area (Å²) in [5.74, 6) is 0.174. The second-order valence-electron chi connectivity index (χ2n) is 5.94. The third kappa shape index (κ3) is 4.30. The Bertz CT molecular complexity index is 795. The Morgan fingerprint density at radius 1 is 1.27 bits per heavy atom. The summed E-state index contributed by atoms with van der Waals surface area (Å²) in [5.41, 5.74) is 1.11. The zero-order valence-corrected chi connectivity index (χ0v) is 14.4. The minimum atomic E-state index is -0.403. The van der Waals surface area contributed by atoms with Crippen molar-refractivity contribution in [3.05, 3.63) is 54.3 Å². The quantitative estimate of drug-likeness (QED) is 0.864. The summed E-state index contributed by atoms with van der Waals surface area (Å²) in [6.07, 6.45) is 0.174. The zero-order valence-electron chi connectivity index (χ0n) is 14.4. The van der Waals surface area contributed by atoms with Crippen LogP contribution in [0.2, 0.25) is 0 Å². The molecule has 6 nitrogen and oxygen atoms in total. The van der Waals surface area contributed by atoms with Crippen molar-refractivity contribution < 1.29 is 18.7 Å². The van der Waals surface area contributed by atoms with Gasteiger partial charge in [0, 0.05) is 24.3 Å². The molecule has 0 aromatic heterocycles. The van der Waals surface area contributed by atoms with E-state index in [4.69, 9.17) is 4.74 Å². The number of hydrogen-bond acceptors (Lipinski definition) is 3. The first-order valence-corrected chi connectivity index (χ1v) is 8.41. The number of amides is 3. The third-order valence-corrected chi connectivity index (χ3v) is 4.00. The minimum Gasteiger partial charge on any atom is -0.494 e. The van der Waals surface area contributed by atoms with E-state index in [1.807, 2.05) is 6.92 Å². The van der Waals surface area contributed by atoms with Crippen LogP contribution >= 0.6 is 0 Å². The number of rotatable bonds is 5. The van der Waals surface area contributed by atoms with E-state index in [1.165, 1.54) is 17.0 Å². The molecule has 0 radical (unpaired) electrons. The molecular weight excluding hydrogens is 337 g/mol. The van der Waals surface area contributed by atoms with Gasteiger partial charge in [-0.05, 0) is 49.4 Å². The van der Waals surface area contributed by atoms with Gasteiger partial charge in [-0.25, -0.2) is 9.18 Å². The largest absolute Gasteiger partial charge is 0.494 e. The molecule has 1 aliphatic rings. The first-order chi connectivity index (χ1) is 12.5. The summed E-state index contributed by atoms with van der Waals surface area (Å²) in [4.78, 5) is 25.8. The number of carbonyl (C=O) groups excluding carboxylic acids is 2. The van der Waals surface area contributed by atoms with Crippen molar-refractivity contribution in [3.8, 4) is 5.75 Å². The van der Waals surface area contributed by atoms with E-state index >= 15 is 0 Å². The van der Waals surface area contributed by atoms with Gasteiger partial charge in [0.1, 0.15) is 11.6 Å². The Kier molecular flexibility index (Phi) is 5.36. The Morgan fingerprint density at radius 2 is 2.04 bits per heavy atom. The van der Waals surface area contributed by atoms with Crippen molar-refractivity contribution in [2.45, 2.75) is 19.4 Å². The predicted molar refractivity (Wildman–Crippen MR) is 96.9 cm³/mol. The van der Waals surface area contributed by atoms with Gasteiger partial charge in [-0.1, -0.05) is 6.07 Å². The van der Waals surface area contributed by atoms with Gasteiger partial charge in [-0.2, -0.15) is 0 Å². The highest BCUT2D eigenvalue weighted by atomic mass is 19.1. The number of anilines is 2. The van der Waals surface area contributed by atoms with Gasteiger partial charge in [-0.3, -0.25) is 4.79 Å². The lowest BCUT2D eigenvalue weighted by molar-refractivity contribution is -0.117. The number of ether oxygens (including phenoxy) is 1. The molecule has 3 rings (SSSR count). The van der Waals surface area contributed by atoms with E-state index in [0.717, 1.165) is 5.75 Å². The maximum absolute atomic E-state index is 13.3. The highest BCUT2D eigenvalue weighted by molar-refractivity contribution is 5.97. The number of benzene rings is 2. The molecule has 0 bridgehead atoms. The van der Waals surface area contributed by atoms with Gasteiger partial charge in [0.2, 0.25) is 5.91 Å². The normalized spacial score (nSPS) is 16.5. The van der Waals surface area contributed by atoms with E-state index < -0.39 is 11.8 Å². The Labute approximate surface area is 150 Å². The molecule has 0 unspecified atom stereocenters. The fourth-order valence-corrected chi connectivity index (χ4v) is 2.85. The van der Waals surface area contributed by atoms with Crippen LogP contribution in [0, 0.1) is 5.82 Å². The van der Waals surface area contributed by atoms with Crippen molar-refractivity contribution in [2.24, 2.45) is 0 Å². The first kappa shape index (κ1) is 17.7. The second kappa shape index (κ2) is 7.86. The van der Waals surface area contributed by atoms with Crippen molar-refractivity contribution in [2.75, 3.05) is 23.4 Å². The van der Waals surface area contributed by atoms with E-state index in [2.05, 4.69) is 10.6 Å². The molecule has 0 saturated carbocycles. The third-order valence-electron chi connectivity index (χ3n) is 4.00. The Hall–Kier alpha value is -3.09. The van der Waals surface area contributed by atoms with Crippen molar-refractivity contribution in [3.63, 3.8) is 0 Å². The van der Waals surface area contributed by atoms with Crippen LogP contribution in [0.3, 0.4) is 0 Å². The molecule has 2 N–H and O–H groups in total. The molecule has 1 aliphatic heterocycles. The molecule has 136 valence electrons. The summed E-state index contributed by atoms with van der Waals surface area (Å²) < 4.78 is 18.7. The average molecular weight is 357 g/mol. The molecule has 1 heterocycles. The minimum absolute atomic E-state index is 0.151. The average Bonchev–Trinajstić information content (AvgIpc) is 2.97. The topological polar surface area (TPSA) is 70.7 Å². The van der Waals surface area contributed by atoms with Crippen LogP contribution in [0.1, 0.15) is 13.3 Å². The molecule has 1 atom stereocenters. The number of hydrogen-bond donors (Lipinski definition) is 2. The van der Waals surface area contributed by atoms with Crippen LogP contribution in [-0.2, 0) is 4.79 Å². The van der Waals surface area contributed by atoms with Gasteiger partial charge in [0.05, 0.1) is 12.6 Å². The van der Waals surface area contributed by atoms with Crippen LogP contribution in [0.15, 0.2) is 48.5 Å². The summed E-state index contributed by atoms with van der Waals surface area (Å²) in [7, 11) is 0. The molecule has 0 spiro atoms. The molecule has 2 aromatic carbocycles. The molecule has 0 aliphatic carbocycles. The number of nitrogens with zero attached hydrogens (tertiary/aromatic N) is 1. The lowest BCUT2D eigenvalue weighted by atomic mass is 10.2. The fourth-order valence-electron chi connectivity index (χ4n) is 2.85. The summed E-state index contributed by atoms with van der Waals surface area (Å²) in [6, 6.07) is 12.1. The maximum atomic E-state index is 13.3. The summed E-state index contributed by atoms with van der Waals surface area (Å²) in [5, 5.41) is 5.50. The van der Waals surface area contributed by atoms with E-state index in [0.29, 0.717) is 24.5 Å². The number of halogens is 1. The van der Waals surface area contributed by atoms with Gasteiger partial charge >= 0.3 is 6.03 Å². The number of nitrogens with one attached hydrogen (secondary N) is 2. The van der Waals surface area contributed by atoms with Gasteiger partial charge in [0.25, 0.3) is 0 Å². The summed E-state index contributed by atoms with van der Waals surface area (Å²) >= 11 is 0. The van der Waals surface area contributed by atoms with Crippen LogP contribution in [-0.4, -0.2) is 31.1 Å². The van der Waals surface area contributed by atoms with E-state index in [-0.39, 0.29) is 18.4 Å². The predicted octanol–water partition coefficient (Wildman–Crippen LogP) is 3.15. The van der Waals surface area contributed by atoms with E-state index in [9.17, 15) is 14.0 Å². The van der Waals surface area contributed by atoms with Crippen molar-refractivity contribution >= 4 is 23.3 Å². The molecule has 1 saturated heterocycles. The van der Waals surface area contributed by atoms with Crippen LogP contribution in [0.25, 0.3) is 0 Å². The highest BCUT2D eigenvalue weighted by Gasteiger charge is 2.31. The Morgan fingerprint density at radius 3 is 2.73 bits per heavy atom. The first-order valence-electron chi connectivity index (χ1n) is 8.41. The van der Waals surface area contributed by atoms with E-state index in [1.54, 1.807) is 36.4 Å². The molecule has 7 heteroatoms. The number of urea groups is 1. The second-order valence-corrected chi connectivity index (χ2v) is 5.94. The van der Waals surface area contributed by atoms with Crippen LogP contribution in [0.4, 0.5) is 20.6 Å². The lowest BCUT2D eigenvalue weighted by Gasteiger charge is -2.17. The molecule has 26 heavy (non-hydrogen) atoms. The zero-order chi connectivity index (χ0) is 18.5. The number of carbonyl (C=O) groups is 2. The molecule has 2 aromatic rings. The van der Waals surface area contributed by atoms with Crippen molar-refractivity contribution in [1.29, 1.82) is 0 Å². The van der Waals surface area contributed by atoms with Crippen LogP contribution in [0.5, 0.6) is 5.75 Å². The summed E-state index contributed by atoms with van der Waals surface area (Å²) in [6.45, 7) is 2.78. The van der Waals surface area contributed by atoms with Gasteiger partial charge < -0.3 is 20.3 Å². The smallest absolute Gasteiger partial charge is 0.319 e.